The summed E-state index contributed by atoms with van der Waals surface area (Å²) in [7, 11) is -0.948. The van der Waals surface area contributed by atoms with Crippen LogP contribution in [0.25, 0.3) is 0 Å². The average Bonchev–Trinajstić information content (AvgIpc) is 3.11. The topological polar surface area (TPSA) is 103 Å². The van der Waals surface area contributed by atoms with Crippen LogP contribution in [0.2, 0.25) is 0 Å². The Bertz CT molecular complexity index is 1070. The number of amides is 1. The fraction of sp³-hybridized carbons (Fsp3) is 0.350. The zero-order valence-corrected chi connectivity index (χ0v) is 17.4. The maximum absolute atomic E-state index is 12.8. The minimum atomic E-state index is -3.85. The number of sulfonamides is 1. The van der Waals surface area contributed by atoms with E-state index >= 15 is 0 Å². The Morgan fingerprint density at radius 2 is 1.73 bits per heavy atom. The lowest BCUT2D eigenvalue weighted by Crippen LogP contribution is -2.37. The van der Waals surface area contributed by atoms with Gasteiger partial charge in [-0.3, -0.25) is 4.79 Å². The van der Waals surface area contributed by atoms with Crippen LogP contribution in [0.3, 0.4) is 0 Å². The van der Waals surface area contributed by atoms with E-state index in [0.717, 1.165) is 0 Å². The van der Waals surface area contributed by atoms with Crippen LogP contribution in [0, 0.1) is 0 Å². The fourth-order valence-electron chi connectivity index (χ4n) is 3.51. The number of carbonyl (C=O) groups is 1. The van der Waals surface area contributed by atoms with E-state index in [1.165, 1.54) is 32.4 Å². The van der Waals surface area contributed by atoms with Crippen molar-refractivity contribution in [3.8, 4) is 23.0 Å². The quantitative estimate of drug-likeness (QED) is 0.736. The molecule has 4 rings (SSSR count). The summed E-state index contributed by atoms with van der Waals surface area (Å²) >= 11 is 0. The molecule has 2 aromatic carbocycles. The van der Waals surface area contributed by atoms with Gasteiger partial charge < -0.3 is 23.8 Å². The number of rotatable bonds is 6. The summed E-state index contributed by atoms with van der Waals surface area (Å²) in [6.45, 7) is 1.14. The third-order valence-electron chi connectivity index (χ3n) is 4.95. The van der Waals surface area contributed by atoms with Gasteiger partial charge >= 0.3 is 0 Å². The number of nitrogens with one attached hydrogen (secondary N) is 1. The number of hydrogen-bond acceptors (Lipinski definition) is 7. The van der Waals surface area contributed by atoms with Crippen LogP contribution >= 0.6 is 0 Å². The van der Waals surface area contributed by atoms with Gasteiger partial charge in [0.1, 0.15) is 13.2 Å². The van der Waals surface area contributed by atoms with Crippen LogP contribution in [0.15, 0.2) is 41.3 Å². The number of nitrogens with zero attached hydrogens (tertiary/aromatic N) is 1. The van der Waals surface area contributed by atoms with Crippen molar-refractivity contribution in [1.29, 1.82) is 0 Å². The SMILES string of the molecule is COc1ccc(S(=O)(=O)NC2CC(=O)N(c3ccc4c(c3)OCCO4)C2)cc1OC. The molecule has 0 aromatic heterocycles. The summed E-state index contributed by atoms with van der Waals surface area (Å²) in [5.74, 6) is 1.76. The number of hydrogen-bond donors (Lipinski definition) is 1. The van der Waals surface area contributed by atoms with Crippen molar-refractivity contribution < 1.29 is 32.2 Å². The van der Waals surface area contributed by atoms with Crippen LogP contribution in [-0.2, 0) is 14.8 Å². The molecule has 0 radical (unpaired) electrons. The highest BCUT2D eigenvalue weighted by atomic mass is 32.2. The van der Waals surface area contributed by atoms with Gasteiger partial charge in [0, 0.05) is 36.8 Å². The predicted octanol–water partition coefficient (Wildman–Crippen LogP) is 1.56. The van der Waals surface area contributed by atoms with E-state index in [1.807, 2.05) is 0 Å². The van der Waals surface area contributed by atoms with Gasteiger partial charge in [-0.15, -0.1) is 0 Å². The summed E-state index contributed by atoms with van der Waals surface area (Å²) in [6.07, 6.45) is 0.0565. The molecule has 160 valence electrons. The molecule has 2 aromatic rings. The average molecular weight is 434 g/mol. The lowest BCUT2D eigenvalue weighted by atomic mass is 10.2. The second-order valence-electron chi connectivity index (χ2n) is 6.87. The molecular formula is C20H22N2O7S. The molecule has 30 heavy (non-hydrogen) atoms. The van der Waals surface area contributed by atoms with Crippen molar-refractivity contribution in [3.63, 3.8) is 0 Å². The molecule has 2 aliphatic rings. The molecule has 1 N–H and O–H groups in total. The summed E-state index contributed by atoms with van der Waals surface area (Å²) in [6, 6.07) is 9.01. The van der Waals surface area contributed by atoms with E-state index in [9.17, 15) is 13.2 Å². The summed E-state index contributed by atoms with van der Waals surface area (Å²) in [5, 5.41) is 0. The Hall–Kier alpha value is -2.98. The fourth-order valence-corrected chi connectivity index (χ4v) is 4.75. The van der Waals surface area contributed by atoms with E-state index < -0.39 is 16.1 Å². The van der Waals surface area contributed by atoms with Crippen LogP contribution in [0.1, 0.15) is 6.42 Å². The van der Waals surface area contributed by atoms with E-state index in [4.69, 9.17) is 18.9 Å². The molecule has 1 amide bonds. The lowest BCUT2D eigenvalue weighted by Gasteiger charge is -2.22. The van der Waals surface area contributed by atoms with E-state index in [-0.39, 0.29) is 23.8 Å². The maximum Gasteiger partial charge on any atom is 0.241 e. The first-order chi connectivity index (χ1) is 14.4. The molecule has 9 nitrogen and oxygen atoms in total. The van der Waals surface area contributed by atoms with Gasteiger partial charge in [0.2, 0.25) is 15.9 Å². The minimum Gasteiger partial charge on any atom is -0.493 e. The van der Waals surface area contributed by atoms with E-state index in [2.05, 4.69) is 4.72 Å². The standard InChI is InChI=1S/C20H22N2O7S/c1-26-16-6-4-15(11-18(16)27-2)30(24,25)21-13-9-20(23)22(12-13)14-3-5-17-19(10-14)29-8-7-28-17/h3-6,10-11,13,21H,7-9,12H2,1-2H3. The zero-order valence-electron chi connectivity index (χ0n) is 16.6. The molecule has 1 fully saturated rings. The third-order valence-corrected chi connectivity index (χ3v) is 6.47. The number of anilines is 1. The Labute approximate surface area is 174 Å². The normalized spacial score (nSPS) is 18.4. The Morgan fingerprint density at radius 3 is 2.47 bits per heavy atom. The van der Waals surface area contributed by atoms with Crippen LogP contribution in [-0.4, -0.2) is 54.3 Å². The first-order valence-electron chi connectivity index (χ1n) is 9.35. The van der Waals surface area contributed by atoms with Crippen molar-refractivity contribution in [1.82, 2.24) is 4.72 Å². The van der Waals surface area contributed by atoms with Gasteiger partial charge in [-0.1, -0.05) is 0 Å². The Morgan fingerprint density at radius 1 is 1.00 bits per heavy atom. The van der Waals surface area contributed by atoms with Crippen molar-refractivity contribution >= 4 is 21.6 Å². The number of benzene rings is 2. The lowest BCUT2D eigenvalue weighted by molar-refractivity contribution is -0.117. The maximum atomic E-state index is 12.8. The van der Waals surface area contributed by atoms with Gasteiger partial charge in [0.15, 0.2) is 23.0 Å². The molecule has 1 saturated heterocycles. The first-order valence-corrected chi connectivity index (χ1v) is 10.8. The number of fused-ring (bicyclic) bond motifs is 1. The monoisotopic (exact) mass is 434 g/mol. The van der Waals surface area contributed by atoms with Crippen molar-refractivity contribution in [2.24, 2.45) is 0 Å². The molecular weight excluding hydrogens is 412 g/mol. The largest absolute Gasteiger partial charge is 0.493 e. The van der Waals surface area contributed by atoms with Gasteiger partial charge in [-0.25, -0.2) is 13.1 Å². The molecule has 0 bridgehead atoms. The molecule has 0 spiro atoms. The number of ether oxygens (including phenoxy) is 4. The highest BCUT2D eigenvalue weighted by Crippen LogP contribution is 2.35. The second-order valence-corrected chi connectivity index (χ2v) is 8.59. The summed E-state index contributed by atoms with van der Waals surface area (Å²) < 4.78 is 49.6. The zero-order chi connectivity index (χ0) is 21.3. The molecule has 10 heteroatoms. The first kappa shape index (κ1) is 20.3. The molecule has 2 heterocycles. The minimum absolute atomic E-state index is 0.0328. The van der Waals surface area contributed by atoms with Gasteiger partial charge in [-0.05, 0) is 24.3 Å². The Kier molecular flexibility index (Phi) is 5.44. The smallest absolute Gasteiger partial charge is 0.241 e. The van der Waals surface area contributed by atoms with Crippen LogP contribution in [0.4, 0.5) is 5.69 Å². The van der Waals surface area contributed by atoms with Crippen LogP contribution < -0.4 is 28.6 Å². The molecule has 0 aliphatic carbocycles. The summed E-state index contributed by atoms with van der Waals surface area (Å²) in [4.78, 5) is 14.1. The van der Waals surface area contributed by atoms with E-state index in [0.29, 0.717) is 41.9 Å². The van der Waals surface area contributed by atoms with E-state index in [1.54, 1.807) is 23.1 Å². The third kappa shape index (κ3) is 3.88. The second kappa shape index (κ2) is 8.04. The van der Waals surface area contributed by atoms with Gasteiger partial charge in [0.25, 0.3) is 0 Å². The predicted molar refractivity (Wildman–Crippen MR) is 108 cm³/mol. The number of methoxy groups -OCH3 is 2. The van der Waals surface area contributed by atoms with Crippen molar-refractivity contribution in [3.05, 3.63) is 36.4 Å². The van der Waals surface area contributed by atoms with Crippen molar-refractivity contribution in [2.45, 2.75) is 17.4 Å². The van der Waals surface area contributed by atoms with Crippen molar-refractivity contribution in [2.75, 3.05) is 38.9 Å². The molecule has 0 saturated carbocycles. The van der Waals surface area contributed by atoms with Gasteiger partial charge in [-0.2, -0.15) is 0 Å². The summed E-state index contributed by atoms with van der Waals surface area (Å²) in [5.41, 5.74) is 0.636. The number of carbonyl (C=O) groups excluding carboxylic acids is 1. The molecule has 1 unspecified atom stereocenters. The Balaban J connectivity index is 1.50. The van der Waals surface area contributed by atoms with Gasteiger partial charge in [0.05, 0.1) is 19.1 Å². The van der Waals surface area contributed by atoms with Crippen LogP contribution in [0.5, 0.6) is 23.0 Å². The molecule has 2 aliphatic heterocycles. The highest BCUT2D eigenvalue weighted by Gasteiger charge is 2.34. The highest BCUT2D eigenvalue weighted by molar-refractivity contribution is 7.89. The molecule has 1 atom stereocenters.